The second-order valence-electron chi connectivity index (χ2n) is 3.32. The third kappa shape index (κ3) is 4.33. The van der Waals surface area contributed by atoms with E-state index >= 15 is 0 Å². The van der Waals surface area contributed by atoms with Crippen LogP contribution in [0.1, 0.15) is 12.5 Å². The fraction of sp³-hybridized carbons (Fsp3) is 0.182. The maximum Gasteiger partial charge on any atom is 0.330 e. The largest absolute Gasteiger partial charge is 0.425 e. The van der Waals surface area contributed by atoms with Gasteiger partial charge in [0.15, 0.2) is 0 Å². The molecule has 1 aromatic carbocycles. The molecule has 0 aromatic heterocycles. The van der Waals surface area contributed by atoms with Crippen LogP contribution in [-0.2, 0) is 9.59 Å². The van der Waals surface area contributed by atoms with Crippen molar-refractivity contribution in [3.63, 3.8) is 0 Å². The third-order valence-electron chi connectivity index (χ3n) is 1.88. The first-order valence-electron chi connectivity index (χ1n) is 4.88. The van der Waals surface area contributed by atoms with Gasteiger partial charge in [-0.2, -0.15) is 0 Å². The summed E-state index contributed by atoms with van der Waals surface area (Å²) in [6, 6.07) is 6.21. The Morgan fingerprint density at radius 2 is 1.94 bits per heavy atom. The Morgan fingerprint density at radius 3 is 2.41 bits per heavy atom. The molecule has 0 unspecified atom stereocenters. The summed E-state index contributed by atoms with van der Waals surface area (Å²) in [6.45, 7) is 1.14. The third-order valence-corrected chi connectivity index (χ3v) is 1.88. The topological polar surface area (TPSA) is 105 Å². The quantitative estimate of drug-likeness (QED) is 0.296. The highest BCUT2D eigenvalue weighted by atomic mass is 16.5. The lowest BCUT2D eigenvalue weighted by Gasteiger charge is -2.05. The molecule has 6 nitrogen and oxygen atoms in total. The van der Waals surface area contributed by atoms with Gasteiger partial charge in [0.05, 0.1) is 0 Å². The van der Waals surface area contributed by atoms with Crippen molar-refractivity contribution in [1.82, 2.24) is 5.32 Å². The Labute approximate surface area is 98.3 Å². The van der Waals surface area contributed by atoms with Crippen LogP contribution in [0.4, 0.5) is 0 Å². The van der Waals surface area contributed by atoms with E-state index in [2.05, 4.69) is 5.32 Å². The Balaban J connectivity index is 2.54. The van der Waals surface area contributed by atoms with Crippen molar-refractivity contribution in [2.45, 2.75) is 6.92 Å². The van der Waals surface area contributed by atoms with Gasteiger partial charge in [-0.25, -0.2) is 4.79 Å². The zero-order valence-electron chi connectivity index (χ0n) is 9.32. The molecule has 6 heteroatoms. The molecular weight excluding hydrogens is 222 g/mol. The molecule has 0 spiro atoms. The van der Waals surface area contributed by atoms with Gasteiger partial charge in [-0.1, -0.05) is 0 Å². The summed E-state index contributed by atoms with van der Waals surface area (Å²) < 4.78 is 4.93. The summed E-state index contributed by atoms with van der Waals surface area (Å²) in [6.07, 6.45) is 0. The monoisotopic (exact) mass is 235 g/mol. The van der Waals surface area contributed by atoms with E-state index in [1.165, 1.54) is 19.1 Å². The highest BCUT2D eigenvalue weighted by molar-refractivity contribution is 5.95. The second-order valence-corrected chi connectivity index (χ2v) is 3.32. The lowest BCUT2D eigenvalue weighted by atomic mass is 10.2. The van der Waals surface area contributed by atoms with Crippen molar-refractivity contribution in [1.29, 1.82) is 5.41 Å². The number of carbonyl (C=O) groups excluding carboxylic acids is 2. The minimum atomic E-state index is -0.559. The van der Waals surface area contributed by atoms with Crippen molar-refractivity contribution in [3.8, 4) is 5.75 Å². The van der Waals surface area contributed by atoms with Crippen LogP contribution in [0.3, 0.4) is 0 Å². The van der Waals surface area contributed by atoms with Crippen molar-refractivity contribution in [3.05, 3.63) is 29.8 Å². The molecule has 1 rings (SSSR count). The smallest absolute Gasteiger partial charge is 0.330 e. The standard InChI is InChI=1S/C11H13N3O3/c1-7(15)14-6-10(16)17-9-4-2-8(3-5-9)11(12)13/h2-5H,6H2,1H3,(H3,12,13)(H,14,15). The number of rotatable bonds is 4. The molecule has 4 N–H and O–H groups in total. The number of amidine groups is 1. The first-order valence-corrected chi connectivity index (χ1v) is 4.88. The van der Waals surface area contributed by atoms with Crippen molar-refractivity contribution in [2.24, 2.45) is 5.73 Å². The van der Waals surface area contributed by atoms with Gasteiger partial charge in [0.1, 0.15) is 18.1 Å². The molecule has 0 aliphatic heterocycles. The van der Waals surface area contributed by atoms with Gasteiger partial charge < -0.3 is 15.8 Å². The second kappa shape index (κ2) is 5.64. The van der Waals surface area contributed by atoms with E-state index in [-0.39, 0.29) is 18.3 Å². The maximum absolute atomic E-state index is 11.2. The number of nitrogens with one attached hydrogen (secondary N) is 2. The number of amides is 1. The molecule has 0 bridgehead atoms. The Kier molecular flexibility index (Phi) is 4.21. The van der Waals surface area contributed by atoms with Gasteiger partial charge in [-0.15, -0.1) is 0 Å². The summed E-state index contributed by atoms with van der Waals surface area (Å²) >= 11 is 0. The van der Waals surface area contributed by atoms with Crippen LogP contribution in [-0.4, -0.2) is 24.3 Å². The molecule has 0 aliphatic rings. The van der Waals surface area contributed by atoms with E-state index in [0.29, 0.717) is 11.3 Å². The highest BCUT2D eigenvalue weighted by Crippen LogP contribution is 2.11. The lowest BCUT2D eigenvalue weighted by Crippen LogP contribution is -2.29. The van der Waals surface area contributed by atoms with Crippen LogP contribution in [0.25, 0.3) is 0 Å². The number of carbonyl (C=O) groups is 2. The van der Waals surface area contributed by atoms with Crippen LogP contribution in [0, 0.1) is 5.41 Å². The fourth-order valence-corrected chi connectivity index (χ4v) is 1.07. The molecule has 0 saturated carbocycles. The first kappa shape index (κ1) is 12.7. The normalized spacial score (nSPS) is 9.47. The average molecular weight is 235 g/mol. The predicted octanol–water partition coefficient (Wildman–Crippen LogP) is 0.0122. The number of ether oxygens (including phenoxy) is 1. The number of hydrogen-bond acceptors (Lipinski definition) is 4. The highest BCUT2D eigenvalue weighted by Gasteiger charge is 2.05. The number of hydrogen-bond donors (Lipinski definition) is 3. The lowest BCUT2D eigenvalue weighted by molar-refractivity contribution is -0.135. The summed E-state index contributed by atoms with van der Waals surface area (Å²) in [4.78, 5) is 21.8. The fourth-order valence-electron chi connectivity index (χ4n) is 1.07. The van der Waals surface area contributed by atoms with Gasteiger partial charge in [-0.3, -0.25) is 10.2 Å². The molecule has 17 heavy (non-hydrogen) atoms. The molecule has 0 heterocycles. The molecule has 1 aromatic rings. The summed E-state index contributed by atoms with van der Waals surface area (Å²) in [7, 11) is 0. The van der Waals surface area contributed by atoms with E-state index < -0.39 is 5.97 Å². The van der Waals surface area contributed by atoms with E-state index in [0.717, 1.165) is 0 Å². The van der Waals surface area contributed by atoms with Crippen LogP contribution < -0.4 is 15.8 Å². The van der Waals surface area contributed by atoms with Gasteiger partial charge >= 0.3 is 5.97 Å². The molecule has 0 atom stereocenters. The molecule has 0 aliphatic carbocycles. The summed E-state index contributed by atoms with van der Waals surface area (Å²) in [5, 5.41) is 9.51. The van der Waals surface area contributed by atoms with Gasteiger partial charge in [0.2, 0.25) is 5.91 Å². The number of nitrogen functional groups attached to an aromatic ring is 1. The van der Waals surface area contributed by atoms with E-state index in [1.807, 2.05) is 0 Å². The van der Waals surface area contributed by atoms with Crippen molar-refractivity contribution >= 4 is 17.7 Å². The van der Waals surface area contributed by atoms with Crippen LogP contribution >= 0.6 is 0 Å². The molecule has 1 amide bonds. The van der Waals surface area contributed by atoms with Gasteiger partial charge in [-0.05, 0) is 24.3 Å². The maximum atomic E-state index is 11.2. The Bertz CT molecular complexity index is 440. The van der Waals surface area contributed by atoms with Crippen LogP contribution in [0.2, 0.25) is 0 Å². The van der Waals surface area contributed by atoms with E-state index in [4.69, 9.17) is 15.9 Å². The van der Waals surface area contributed by atoms with Crippen LogP contribution in [0.15, 0.2) is 24.3 Å². The number of nitrogens with two attached hydrogens (primary N) is 1. The predicted molar refractivity (Wildman–Crippen MR) is 61.8 cm³/mol. The molecule has 0 saturated heterocycles. The van der Waals surface area contributed by atoms with Gasteiger partial charge in [0.25, 0.3) is 0 Å². The molecule has 0 fully saturated rings. The van der Waals surface area contributed by atoms with Gasteiger partial charge in [0, 0.05) is 12.5 Å². The molecular formula is C11H13N3O3. The summed E-state index contributed by atoms with van der Waals surface area (Å²) in [5.41, 5.74) is 5.82. The van der Waals surface area contributed by atoms with Crippen LogP contribution in [0.5, 0.6) is 5.75 Å². The Hall–Kier alpha value is -2.37. The SMILES string of the molecule is CC(=O)NCC(=O)Oc1ccc(C(=N)N)cc1. The number of esters is 1. The van der Waals surface area contributed by atoms with E-state index in [9.17, 15) is 9.59 Å². The van der Waals surface area contributed by atoms with E-state index in [1.54, 1.807) is 12.1 Å². The Morgan fingerprint density at radius 1 is 1.35 bits per heavy atom. The zero-order chi connectivity index (χ0) is 12.8. The van der Waals surface area contributed by atoms with Crippen molar-refractivity contribution < 1.29 is 14.3 Å². The molecule has 0 radical (unpaired) electrons. The minimum Gasteiger partial charge on any atom is -0.425 e. The number of benzene rings is 1. The molecule has 90 valence electrons. The zero-order valence-corrected chi connectivity index (χ0v) is 9.32. The summed E-state index contributed by atoms with van der Waals surface area (Å²) in [5.74, 6) is -0.573. The van der Waals surface area contributed by atoms with Crippen molar-refractivity contribution in [2.75, 3.05) is 6.54 Å². The first-order chi connectivity index (χ1) is 7.99. The average Bonchev–Trinajstić information content (AvgIpc) is 2.27. The minimum absolute atomic E-state index is 0.0545.